The second-order valence-electron chi connectivity index (χ2n) is 6.48. The number of anilines is 1. The van der Waals surface area contributed by atoms with Gasteiger partial charge in [-0.2, -0.15) is 4.31 Å². The van der Waals surface area contributed by atoms with Gasteiger partial charge in [0.15, 0.2) is 0 Å². The van der Waals surface area contributed by atoms with Crippen LogP contribution in [0.25, 0.3) is 6.08 Å². The molecule has 1 aliphatic heterocycles. The SMILES string of the molecule is Cc1ccc(S(=O)(=O)N2CCOCC2)cc1NC(=O)/C=C/c1cc(Br)ccc1F. The van der Waals surface area contributed by atoms with E-state index < -0.39 is 21.7 Å². The van der Waals surface area contributed by atoms with E-state index in [2.05, 4.69) is 21.2 Å². The number of carbonyl (C=O) groups is 1. The summed E-state index contributed by atoms with van der Waals surface area (Å²) in [5.74, 6) is -0.944. The van der Waals surface area contributed by atoms with Gasteiger partial charge in [-0.25, -0.2) is 12.8 Å². The summed E-state index contributed by atoms with van der Waals surface area (Å²) < 4.78 is 46.7. The van der Waals surface area contributed by atoms with Crippen molar-refractivity contribution in [2.24, 2.45) is 0 Å². The van der Waals surface area contributed by atoms with E-state index in [1.807, 2.05) is 0 Å². The molecule has 0 unspecified atom stereocenters. The molecule has 1 amide bonds. The van der Waals surface area contributed by atoms with Gasteiger partial charge in [-0.15, -0.1) is 0 Å². The molecule has 1 N–H and O–H groups in total. The first kappa shape index (κ1) is 21.6. The standard InChI is InChI=1S/C20H20BrFN2O4S/c1-14-2-5-17(29(26,27)24-8-10-28-11-9-24)13-19(14)23-20(25)7-3-15-12-16(21)4-6-18(15)22/h2-7,12-13H,8-11H2,1H3,(H,23,25)/b7-3+. The van der Waals surface area contributed by atoms with E-state index in [-0.39, 0.29) is 10.5 Å². The van der Waals surface area contributed by atoms with E-state index in [0.29, 0.717) is 42.0 Å². The van der Waals surface area contributed by atoms with Gasteiger partial charge in [0.1, 0.15) is 5.82 Å². The minimum absolute atomic E-state index is 0.0994. The number of aryl methyl sites for hydroxylation is 1. The van der Waals surface area contributed by atoms with E-state index in [4.69, 9.17) is 4.74 Å². The third kappa shape index (κ3) is 5.30. The first-order valence-electron chi connectivity index (χ1n) is 8.90. The van der Waals surface area contributed by atoms with Crippen LogP contribution in [0.1, 0.15) is 11.1 Å². The highest BCUT2D eigenvalue weighted by Crippen LogP contribution is 2.24. The van der Waals surface area contributed by atoms with Crippen LogP contribution in [0.4, 0.5) is 10.1 Å². The van der Waals surface area contributed by atoms with E-state index in [1.165, 1.54) is 34.7 Å². The molecule has 29 heavy (non-hydrogen) atoms. The highest BCUT2D eigenvalue weighted by molar-refractivity contribution is 9.10. The van der Waals surface area contributed by atoms with E-state index in [9.17, 15) is 17.6 Å². The van der Waals surface area contributed by atoms with Gasteiger partial charge in [-0.05, 0) is 48.9 Å². The molecule has 0 bridgehead atoms. The van der Waals surface area contributed by atoms with Gasteiger partial charge in [0.2, 0.25) is 15.9 Å². The molecule has 1 saturated heterocycles. The summed E-state index contributed by atoms with van der Waals surface area (Å²) in [6.45, 7) is 3.05. The van der Waals surface area contributed by atoms with Crippen LogP contribution in [-0.4, -0.2) is 44.9 Å². The lowest BCUT2D eigenvalue weighted by Crippen LogP contribution is -2.40. The lowest BCUT2D eigenvalue weighted by molar-refractivity contribution is -0.111. The zero-order chi connectivity index (χ0) is 21.0. The molecule has 1 heterocycles. The van der Waals surface area contributed by atoms with Gasteiger partial charge in [-0.3, -0.25) is 4.79 Å². The molecule has 3 rings (SSSR count). The van der Waals surface area contributed by atoms with Crippen LogP contribution in [0.2, 0.25) is 0 Å². The summed E-state index contributed by atoms with van der Waals surface area (Å²) in [5, 5.41) is 2.66. The number of nitrogens with zero attached hydrogens (tertiary/aromatic N) is 1. The van der Waals surface area contributed by atoms with Crippen molar-refractivity contribution >= 4 is 43.6 Å². The number of rotatable bonds is 5. The Labute approximate surface area is 177 Å². The fourth-order valence-electron chi connectivity index (χ4n) is 2.81. The largest absolute Gasteiger partial charge is 0.379 e. The van der Waals surface area contributed by atoms with E-state index in [1.54, 1.807) is 25.1 Å². The Morgan fingerprint density at radius 3 is 2.66 bits per heavy atom. The molecule has 2 aromatic carbocycles. The average molecular weight is 483 g/mol. The number of nitrogens with one attached hydrogen (secondary N) is 1. The van der Waals surface area contributed by atoms with Gasteiger partial charge < -0.3 is 10.1 Å². The first-order valence-corrected chi connectivity index (χ1v) is 11.1. The summed E-state index contributed by atoms with van der Waals surface area (Å²) >= 11 is 3.26. The van der Waals surface area contributed by atoms with Gasteiger partial charge in [-0.1, -0.05) is 22.0 Å². The Morgan fingerprint density at radius 1 is 1.21 bits per heavy atom. The molecule has 154 valence electrons. The first-order chi connectivity index (χ1) is 13.8. The Balaban J connectivity index is 1.78. The maximum absolute atomic E-state index is 13.8. The number of ether oxygens (including phenoxy) is 1. The Morgan fingerprint density at radius 2 is 1.93 bits per heavy atom. The van der Waals surface area contributed by atoms with Crippen molar-refractivity contribution in [3.63, 3.8) is 0 Å². The highest BCUT2D eigenvalue weighted by Gasteiger charge is 2.26. The third-order valence-corrected chi connectivity index (χ3v) is 6.83. The molecule has 2 aromatic rings. The Hall–Kier alpha value is -2.07. The highest BCUT2D eigenvalue weighted by atomic mass is 79.9. The van der Waals surface area contributed by atoms with Gasteiger partial charge in [0, 0.05) is 34.9 Å². The van der Waals surface area contributed by atoms with Crippen molar-refractivity contribution in [3.05, 3.63) is 63.9 Å². The van der Waals surface area contributed by atoms with Gasteiger partial charge >= 0.3 is 0 Å². The predicted octanol–water partition coefficient (Wildman–Crippen LogP) is 3.57. The van der Waals surface area contributed by atoms with Gasteiger partial charge in [0.05, 0.1) is 18.1 Å². The number of carbonyl (C=O) groups excluding carboxylic acids is 1. The van der Waals surface area contributed by atoms with Gasteiger partial charge in [0.25, 0.3) is 0 Å². The van der Waals surface area contributed by atoms with Crippen molar-refractivity contribution in [2.45, 2.75) is 11.8 Å². The summed E-state index contributed by atoms with van der Waals surface area (Å²) in [4.78, 5) is 12.4. The fourth-order valence-corrected chi connectivity index (χ4v) is 4.63. The smallest absolute Gasteiger partial charge is 0.248 e. The molecular weight excluding hydrogens is 463 g/mol. The molecule has 0 atom stereocenters. The van der Waals surface area contributed by atoms with Crippen molar-refractivity contribution in [1.29, 1.82) is 0 Å². The normalized spacial score (nSPS) is 15.6. The number of morpholine rings is 1. The van der Waals surface area contributed by atoms with Crippen molar-refractivity contribution < 1.29 is 22.3 Å². The number of halogens is 2. The number of amides is 1. The molecule has 1 fully saturated rings. The summed E-state index contributed by atoms with van der Waals surface area (Å²) in [5.41, 5.74) is 1.35. The second-order valence-corrected chi connectivity index (χ2v) is 9.34. The lowest BCUT2D eigenvalue weighted by Gasteiger charge is -2.26. The van der Waals surface area contributed by atoms with Crippen LogP contribution in [0.3, 0.4) is 0 Å². The number of sulfonamides is 1. The summed E-state index contributed by atoms with van der Waals surface area (Å²) in [7, 11) is -3.67. The summed E-state index contributed by atoms with van der Waals surface area (Å²) in [6.07, 6.45) is 2.56. The molecular formula is C20H20BrFN2O4S. The fraction of sp³-hybridized carbons (Fsp3) is 0.250. The van der Waals surface area contributed by atoms with Crippen LogP contribution < -0.4 is 5.32 Å². The van der Waals surface area contributed by atoms with E-state index in [0.717, 1.165) is 0 Å². The third-order valence-electron chi connectivity index (χ3n) is 4.45. The molecule has 1 aliphatic rings. The zero-order valence-corrected chi connectivity index (χ0v) is 18.1. The Kier molecular flexibility index (Phi) is 6.84. The quantitative estimate of drug-likeness (QED) is 0.660. The van der Waals surface area contributed by atoms with Crippen molar-refractivity contribution in [2.75, 3.05) is 31.6 Å². The molecule has 0 aromatic heterocycles. The monoisotopic (exact) mass is 482 g/mol. The molecule has 6 nitrogen and oxygen atoms in total. The summed E-state index contributed by atoms with van der Waals surface area (Å²) in [6, 6.07) is 9.01. The molecule has 0 spiro atoms. The minimum Gasteiger partial charge on any atom is -0.379 e. The molecule has 0 saturated carbocycles. The topological polar surface area (TPSA) is 75.7 Å². The zero-order valence-electron chi connectivity index (χ0n) is 15.7. The van der Waals surface area contributed by atoms with Crippen molar-refractivity contribution in [3.8, 4) is 0 Å². The van der Waals surface area contributed by atoms with Crippen LogP contribution in [0.15, 0.2) is 51.8 Å². The maximum atomic E-state index is 13.8. The van der Waals surface area contributed by atoms with Crippen LogP contribution in [-0.2, 0) is 19.6 Å². The van der Waals surface area contributed by atoms with Crippen LogP contribution >= 0.6 is 15.9 Å². The Bertz CT molecular complexity index is 1050. The predicted molar refractivity (Wildman–Crippen MR) is 113 cm³/mol. The molecule has 0 aliphatic carbocycles. The van der Waals surface area contributed by atoms with Crippen LogP contribution in [0.5, 0.6) is 0 Å². The maximum Gasteiger partial charge on any atom is 0.248 e. The second kappa shape index (κ2) is 9.17. The lowest BCUT2D eigenvalue weighted by atomic mass is 10.2. The molecule has 9 heteroatoms. The van der Waals surface area contributed by atoms with Crippen LogP contribution in [0, 0.1) is 12.7 Å². The molecule has 0 radical (unpaired) electrons. The number of hydrogen-bond acceptors (Lipinski definition) is 4. The van der Waals surface area contributed by atoms with E-state index >= 15 is 0 Å². The number of hydrogen-bond donors (Lipinski definition) is 1. The van der Waals surface area contributed by atoms with Crippen molar-refractivity contribution in [1.82, 2.24) is 4.31 Å². The minimum atomic E-state index is -3.67. The average Bonchev–Trinajstić information content (AvgIpc) is 2.71. The number of benzene rings is 2.